The predicted molar refractivity (Wildman–Crippen MR) is 78.9 cm³/mol. The molecule has 1 aliphatic heterocycles. The summed E-state index contributed by atoms with van der Waals surface area (Å²) in [6, 6.07) is 12.2. The van der Waals surface area contributed by atoms with Crippen LogP contribution in [0.5, 0.6) is 17.2 Å². The van der Waals surface area contributed by atoms with E-state index in [-0.39, 0.29) is 18.1 Å². The number of carbonyl (C=O) groups excluding carboxylic acids is 1. The van der Waals surface area contributed by atoms with Gasteiger partial charge in [-0.05, 0) is 35.9 Å². The van der Waals surface area contributed by atoms with Gasteiger partial charge in [0.2, 0.25) is 0 Å². The molecule has 0 saturated heterocycles. The lowest BCUT2D eigenvalue weighted by molar-refractivity contribution is 0.100. The molecule has 4 nitrogen and oxygen atoms in total. The molecule has 0 aliphatic carbocycles. The van der Waals surface area contributed by atoms with E-state index in [0.29, 0.717) is 22.6 Å². The van der Waals surface area contributed by atoms with Crippen molar-refractivity contribution in [2.75, 3.05) is 13.7 Å². The number of ketones is 1. The number of hydrogen-bond acceptors (Lipinski definition) is 4. The van der Waals surface area contributed by atoms with Gasteiger partial charge in [-0.15, -0.1) is 0 Å². The minimum absolute atomic E-state index is 0.0384. The van der Waals surface area contributed by atoms with Crippen molar-refractivity contribution >= 4 is 11.9 Å². The number of Topliss-reactive ketones (excluding diaryl/α,β-unsaturated/α-hetero) is 1. The number of phenols is 1. The zero-order chi connectivity index (χ0) is 14.8. The molecule has 21 heavy (non-hydrogen) atoms. The van der Waals surface area contributed by atoms with E-state index in [4.69, 9.17) is 9.47 Å². The van der Waals surface area contributed by atoms with Crippen LogP contribution in [0.3, 0.4) is 0 Å². The van der Waals surface area contributed by atoms with Crippen molar-refractivity contribution in [2.24, 2.45) is 0 Å². The van der Waals surface area contributed by atoms with Gasteiger partial charge in [-0.2, -0.15) is 0 Å². The molecule has 2 aromatic carbocycles. The maximum atomic E-state index is 12.4. The standard InChI is InChI=1S/C17H14O4/c1-20-16-7-6-11(9-14(16)18)8-12-10-21-15-5-3-2-4-13(15)17(12)19/h2-9,18H,10H2,1H3/b12-8+. The first-order valence-corrected chi connectivity index (χ1v) is 6.53. The van der Waals surface area contributed by atoms with Crippen LogP contribution in [0.2, 0.25) is 0 Å². The van der Waals surface area contributed by atoms with E-state index in [1.165, 1.54) is 7.11 Å². The quantitative estimate of drug-likeness (QED) is 0.860. The van der Waals surface area contributed by atoms with E-state index in [9.17, 15) is 9.90 Å². The zero-order valence-corrected chi connectivity index (χ0v) is 11.5. The number of methoxy groups -OCH3 is 1. The SMILES string of the molecule is COc1ccc(/C=C2\COc3ccccc3C2=O)cc1O. The lowest BCUT2D eigenvalue weighted by Crippen LogP contribution is -2.18. The Morgan fingerprint density at radius 3 is 2.81 bits per heavy atom. The number of hydrogen-bond donors (Lipinski definition) is 1. The topological polar surface area (TPSA) is 55.8 Å². The summed E-state index contributed by atoms with van der Waals surface area (Å²) in [6.07, 6.45) is 1.72. The zero-order valence-electron chi connectivity index (χ0n) is 11.5. The van der Waals surface area contributed by atoms with Gasteiger partial charge in [-0.1, -0.05) is 18.2 Å². The number of rotatable bonds is 2. The van der Waals surface area contributed by atoms with Crippen LogP contribution in [0, 0.1) is 0 Å². The Morgan fingerprint density at radius 2 is 2.05 bits per heavy atom. The molecule has 0 atom stereocenters. The maximum Gasteiger partial charge on any atom is 0.196 e. The summed E-state index contributed by atoms with van der Waals surface area (Å²) < 4.78 is 10.6. The molecular weight excluding hydrogens is 268 g/mol. The number of phenolic OH excluding ortho intramolecular Hbond substituents is 1. The van der Waals surface area contributed by atoms with Crippen LogP contribution >= 0.6 is 0 Å². The molecule has 3 rings (SSSR count). The lowest BCUT2D eigenvalue weighted by Gasteiger charge is -2.18. The van der Waals surface area contributed by atoms with Crippen LogP contribution in [0.4, 0.5) is 0 Å². The number of fused-ring (bicyclic) bond motifs is 1. The monoisotopic (exact) mass is 282 g/mol. The minimum atomic E-state index is -0.0489. The fourth-order valence-electron chi connectivity index (χ4n) is 2.28. The van der Waals surface area contributed by atoms with Crippen molar-refractivity contribution in [2.45, 2.75) is 0 Å². The van der Waals surface area contributed by atoms with Gasteiger partial charge in [0.25, 0.3) is 0 Å². The Labute approximate surface area is 122 Å². The second-order valence-electron chi connectivity index (χ2n) is 4.71. The molecule has 0 fully saturated rings. The smallest absolute Gasteiger partial charge is 0.196 e. The third-order valence-corrected chi connectivity index (χ3v) is 3.35. The van der Waals surface area contributed by atoms with Gasteiger partial charge in [0.05, 0.1) is 12.7 Å². The minimum Gasteiger partial charge on any atom is -0.504 e. The first kappa shape index (κ1) is 13.2. The first-order valence-electron chi connectivity index (χ1n) is 6.53. The summed E-state index contributed by atoms with van der Waals surface area (Å²) >= 11 is 0. The number of aromatic hydroxyl groups is 1. The average molecular weight is 282 g/mol. The molecule has 0 aromatic heterocycles. The summed E-state index contributed by atoms with van der Waals surface area (Å²) in [4.78, 5) is 12.4. The maximum absolute atomic E-state index is 12.4. The highest BCUT2D eigenvalue weighted by molar-refractivity contribution is 6.14. The van der Waals surface area contributed by atoms with Gasteiger partial charge in [0, 0.05) is 5.57 Å². The van der Waals surface area contributed by atoms with E-state index in [1.54, 1.807) is 36.4 Å². The van der Waals surface area contributed by atoms with Crippen LogP contribution in [0.1, 0.15) is 15.9 Å². The Bertz CT molecular complexity index is 731. The van der Waals surface area contributed by atoms with Crippen molar-refractivity contribution in [3.63, 3.8) is 0 Å². The number of benzene rings is 2. The molecule has 1 heterocycles. The van der Waals surface area contributed by atoms with E-state index in [2.05, 4.69) is 0 Å². The van der Waals surface area contributed by atoms with Crippen molar-refractivity contribution < 1.29 is 19.4 Å². The number of ether oxygens (including phenoxy) is 2. The normalized spacial score (nSPS) is 15.5. The van der Waals surface area contributed by atoms with Crippen LogP contribution < -0.4 is 9.47 Å². The van der Waals surface area contributed by atoms with Crippen LogP contribution in [-0.4, -0.2) is 24.6 Å². The average Bonchev–Trinajstić information content (AvgIpc) is 2.51. The van der Waals surface area contributed by atoms with Gasteiger partial charge in [-0.3, -0.25) is 4.79 Å². The molecule has 106 valence electrons. The van der Waals surface area contributed by atoms with Crippen molar-refractivity contribution in [3.05, 3.63) is 59.2 Å². The van der Waals surface area contributed by atoms with Gasteiger partial charge < -0.3 is 14.6 Å². The molecule has 0 saturated carbocycles. The molecule has 0 radical (unpaired) electrons. The Balaban J connectivity index is 1.95. The molecule has 0 spiro atoms. The van der Waals surface area contributed by atoms with Gasteiger partial charge in [0.15, 0.2) is 17.3 Å². The predicted octanol–water partition coefficient (Wildman–Crippen LogP) is 3.06. The van der Waals surface area contributed by atoms with E-state index >= 15 is 0 Å². The number of para-hydroxylation sites is 1. The molecule has 1 aliphatic rings. The van der Waals surface area contributed by atoms with Crippen LogP contribution in [0.15, 0.2) is 48.0 Å². The third-order valence-electron chi connectivity index (χ3n) is 3.35. The van der Waals surface area contributed by atoms with Crippen LogP contribution in [0.25, 0.3) is 6.08 Å². The molecule has 4 heteroatoms. The molecule has 0 unspecified atom stereocenters. The second-order valence-corrected chi connectivity index (χ2v) is 4.71. The van der Waals surface area contributed by atoms with Crippen molar-refractivity contribution in [1.29, 1.82) is 0 Å². The summed E-state index contributed by atoms with van der Waals surface area (Å²) in [7, 11) is 1.49. The molecular formula is C17H14O4. The number of carbonyl (C=O) groups is 1. The van der Waals surface area contributed by atoms with Crippen molar-refractivity contribution in [3.8, 4) is 17.2 Å². The third kappa shape index (κ3) is 2.48. The highest BCUT2D eigenvalue weighted by atomic mass is 16.5. The lowest BCUT2D eigenvalue weighted by atomic mass is 9.98. The summed E-state index contributed by atoms with van der Waals surface area (Å²) in [5.41, 5.74) is 1.84. The van der Waals surface area contributed by atoms with Crippen LogP contribution in [-0.2, 0) is 0 Å². The molecule has 0 bridgehead atoms. The van der Waals surface area contributed by atoms with E-state index in [0.717, 1.165) is 5.56 Å². The highest BCUT2D eigenvalue weighted by Crippen LogP contribution is 2.30. The molecule has 2 aromatic rings. The largest absolute Gasteiger partial charge is 0.504 e. The van der Waals surface area contributed by atoms with E-state index in [1.807, 2.05) is 12.1 Å². The Kier molecular flexibility index (Phi) is 3.36. The Hall–Kier alpha value is -2.75. The van der Waals surface area contributed by atoms with Gasteiger partial charge in [0.1, 0.15) is 12.4 Å². The fourth-order valence-corrected chi connectivity index (χ4v) is 2.28. The first-order chi connectivity index (χ1) is 10.2. The second kappa shape index (κ2) is 5.32. The van der Waals surface area contributed by atoms with Crippen molar-refractivity contribution in [1.82, 2.24) is 0 Å². The van der Waals surface area contributed by atoms with E-state index < -0.39 is 0 Å². The van der Waals surface area contributed by atoms with Gasteiger partial charge in [-0.25, -0.2) is 0 Å². The van der Waals surface area contributed by atoms with Gasteiger partial charge >= 0.3 is 0 Å². The summed E-state index contributed by atoms with van der Waals surface area (Å²) in [5, 5.41) is 9.77. The summed E-state index contributed by atoms with van der Waals surface area (Å²) in [5.74, 6) is 0.995. The highest BCUT2D eigenvalue weighted by Gasteiger charge is 2.22. The Morgan fingerprint density at radius 1 is 1.24 bits per heavy atom. The fraction of sp³-hybridized carbons (Fsp3) is 0.118. The molecule has 0 amide bonds. The molecule has 1 N–H and O–H groups in total. The summed E-state index contributed by atoms with van der Waals surface area (Å²) in [6.45, 7) is 0.225.